The molecule has 0 aliphatic carbocycles. The summed E-state index contributed by atoms with van der Waals surface area (Å²) in [6.45, 7) is 6.24. The minimum atomic E-state index is -3.22. The van der Waals surface area contributed by atoms with Crippen LogP contribution in [0.5, 0.6) is 0 Å². The number of hydrogen-bond acceptors (Lipinski definition) is 2. The molecule has 3 N–H and O–H groups in total. The fourth-order valence-electron chi connectivity index (χ4n) is 1.09. The fraction of sp³-hybridized carbons (Fsp3) is 0.857. The van der Waals surface area contributed by atoms with Crippen molar-refractivity contribution < 1.29 is 21.1 Å². The maximum absolute atomic E-state index is 10.4. The third-order valence-electron chi connectivity index (χ3n) is 2.76. The van der Waals surface area contributed by atoms with E-state index in [1.54, 1.807) is 0 Å². The molecule has 68 valence electrons. The van der Waals surface area contributed by atoms with E-state index in [4.69, 9.17) is 4.14 Å². The first-order chi connectivity index (χ1) is 5.04. The van der Waals surface area contributed by atoms with E-state index in [2.05, 4.69) is 24.5 Å². The molecule has 0 radical (unpaired) electrons. The summed E-state index contributed by atoms with van der Waals surface area (Å²) < 4.78 is 12.1. The first kappa shape index (κ1) is 11.2. The molecule has 3 nitrogen and oxygen atoms in total. The second kappa shape index (κ2) is 3.72. The average Bonchev–Trinajstić information content (AvgIpc) is 2.06. The third kappa shape index (κ3) is 2.30. The SMILES string of the molecule is C[CH2][Ta]([NH2])([CH2]C)([CH2]C)[NH]C=O. The molecule has 0 aromatic carbocycles. The van der Waals surface area contributed by atoms with E-state index in [0.717, 1.165) is 20.3 Å². The van der Waals surface area contributed by atoms with Crippen molar-refractivity contribution in [3.63, 3.8) is 0 Å². The van der Waals surface area contributed by atoms with Crippen LogP contribution in [0, 0.1) is 0 Å². The molecule has 0 saturated heterocycles. The summed E-state index contributed by atoms with van der Waals surface area (Å²) in [6, 6.07) is 0. The van der Waals surface area contributed by atoms with Gasteiger partial charge >= 0.3 is 70.1 Å². The third-order valence-corrected chi connectivity index (χ3v) is 22.6. The molecule has 0 heterocycles. The van der Waals surface area contributed by atoms with Crippen molar-refractivity contribution in [2.24, 2.45) is 4.14 Å². The van der Waals surface area contributed by atoms with Crippen molar-refractivity contribution in [3.05, 3.63) is 0 Å². The Balaban J connectivity index is 4.57. The normalized spacial score (nSPS) is 15.1. The molecule has 11 heavy (non-hydrogen) atoms. The van der Waals surface area contributed by atoms with Crippen LogP contribution in [0.25, 0.3) is 0 Å². The molecule has 0 rings (SSSR count). The van der Waals surface area contributed by atoms with Crippen molar-refractivity contribution in [1.29, 1.82) is 0 Å². The molecule has 0 saturated carbocycles. The Morgan fingerprint density at radius 2 is 1.64 bits per heavy atom. The number of carbonyl (C=O) groups is 1. The molecule has 0 spiro atoms. The summed E-state index contributed by atoms with van der Waals surface area (Å²) in [6.07, 6.45) is 0.781. The van der Waals surface area contributed by atoms with Gasteiger partial charge in [0.25, 0.3) is 0 Å². The average molecular weight is 328 g/mol. The monoisotopic (exact) mass is 328 g/mol. The van der Waals surface area contributed by atoms with Crippen LogP contribution in [-0.2, 0) is 21.1 Å². The summed E-state index contributed by atoms with van der Waals surface area (Å²) in [4.78, 5) is 10.4. The van der Waals surface area contributed by atoms with Crippen LogP contribution in [0.3, 0.4) is 0 Å². The second-order valence-electron chi connectivity index (χ2n) is 3.02. The van der Waals surface area contributed by atoms with Crippen LogP contribution >= 0.6 is 0 Å². The molecular weight excluding hydrogens is 309 g/mol. The van der Waals surface area contributed by atoms with Gasteiger partial charge in [-0.05, 0) is 0 Å². The number of nitrogens with two attached hydrogens (primary N) is 1. The molecule has 0 atom stereocenters. The van der Waals surface area contributed by atoms with E-state index in [0.29, 0.717) is 0 Å². The van der Waals surface area contributed by atoms with Crippen molar-refractivity contribution in [2.45, 2.75) is 34.7 Å². The van der Waals surface area contributed by atoms with Crippen LogP contribution < -0.4 is 7.86 Å². The van der Waals surface area contributed by atoms with Gasteiger partial charge < -0.3 is 0 Å². The van der Waals surface area contributed by atoms with E-state index in [-0.39, 0.29) is 0 Å². The fourth-order valence-corrected chi connectivity index (χ4v) is 8.90. The van der Waals surface area contributed by atoms with Gasteiger partial charge in [-0.15, -0.1) is 0 Å². The predicted molar refractivity (Wildman–Crippen MR) is 44.8 cm³/mol. The molecule has 0 aromatic heterocycles. The molecule has 0 fully saturated rings. The molecule has 0 aromatic rings. The Hall–Kier alpha value is 0.170. The van der Waals surface area contributed by atoms with E-state index in [1.807, 2.05) is 0 Å². The van der Waals surface area contributed by atoms with E-state index in [9.17, 15) is 4.79 Å². The Labute approximate surface area is 70.3 Å². The van der Waals surface area contributed by atoms with Crippen LogP contribution in [0.2, 0.25) is 13.9 Å². The maximum atomic E-state index is 10.4. The molecule has 0 aliphatic heterocycles. The molecule has 0 bridgehead atoms. The number of amides is 1. The quantitative estimate of drug-likeness (QED) is 0.752. The first-order valence-corrected chi connectivity index (χ1v) is 14.4. The number of hydrogen-bond donors (Lipinski definition) is 2. The molecule has 1 amide bonds. The van der Waals surface area contributed by atoms with Gasteiger partial charge in [-0.2, -0.15) is 0 Å². The van der Waals surface area contributed by atoms with Gasteiger partial charge in [0.2, 0.25) is 0 Å². The van der Waals surface area contributed by atoms with E-state index >= 15 is 0 Å². The molecule has 4 heteroatoms. The van der Waals surface area contributed by atoms with E-state index in [1.165, 1.54) is 0 Å². The van der Waals surface area contributed by atoms with Gasteiger partial charge in [0.15, 0.2) is 0 Å². The first-order valence-electron chi connectivity index (χ1n) is 4.08. The van der Waals surface area contributed by atoms with Crippen molar-refractivity contribution >= 4 is 6.41 Å². The van der Waals surface area contributed by atoms with Gasteiger partial charge in [0.1, 0.15) is 0 Å². The summed E-state index contributed by atoms with van der Waals surface area (Å²) in [5.41, 5.74) is 0. The number of nitrogens with one attached hydrogen (secondary N) is 1. The van der Waals surface area contributed by atoms with Gasteiger partial charge in [0.05, 0.1) is 0 Å². The zero-order valence-corrected chi connectivity index (χ0v) is 10.8. The Bertz CT molecular complexity index is 134. The number of rotatable bonds is 5. The van der Waals surface area contributed by atoms with Gasteiger partial charge in [-0.3, -0.25) is 0 Å². The summed E-state index contributed by atoms with van der Waals surface area (Å²) in [5, 5.41) is 0. The topological polar surface area (TPSA) is 55.1 Å². The Morgan fingerprint density at radius 1 is 1.27 bits per heavy atom. The van der Waals surface area contributed by atoms with Crippen LogP contribution in [0.15, 0.2) is 0 Å². The van der Waals surface area contributed by atoms with Gasteiger partial charge in [-0.1, -0.05) is 0 Å². The van der Waals surface area contributed by atoms with Crippen molar-refractivity contribution in [3.8, 4) is 0 Å². The zero-order valence-electron chi connectivity index (χ0n) is 7.63. The Kier molecular flexibility index (Phi) is 3.77. The van der Waals surface area contributed by atoms with E-state index < -0.39 is 16.3 Å². The van der Waals surface area contributed by atoms with Gasteiger partial charge in [-0.25, -0.2) is 0 Å². The Morgan fingerprint density at radius 3 is 1.73 bits per heavy atom. The zero-order chi connectivity index (χ0) is 8.98. The molecule has 0 aliphatic rings. The van der Waals surface area contributed by atoms with Gasteiger partial charge in [0, 0.05) is 0 Å². The minimum absolute atomic E-state index is 0.781. The summed E-state index contributed by atoms with van der Waals surface area (Å²) in [5.74, 6) is 0. The van der Waals surface area contributed by atoms with Crippen molar-refractivity contribution in [2.75, 3.05) is 0 Å². The summed E-state index contributed by atoms with van der Waals surface area (Å²) in [7, 11) is 0. The second-order valence-corrected chi connectivity index (χ2v) is 23.9. The van der Waals surface area contributed by atoms with Crippen LogP contribution in [0.4, 0.5) is 0 Å². The molecular formula is C7H19N2OTa. The standard InChI is InChI=1S/3C2H5.CH3NO.H2N.Ta/c3*1-2;2-1-3;;/h3*1H2,2H3;1H,(H2,2,3);1H2;/q;;;;-1;+2/p-1. The number of carbonyl (C=O) groups excluding carboxylic acids is 1. The molecule has 0 unspecified atom stereocenters. The van der Waals surface area contributed by atoms with Crippen molar-refractivity contribution in [1.82, 2.24) is 3.72 Å². The predicted octanol–water partition coefficient (Wildman–Crippen LogP) is 1.53. The van der Waals surface area contributed by atoms with Crippen LogP contribution in [-0.4, -0.2) is 6.41 Å². The van der Waals surface area contributed by atoms with Crippen LogP contribution in [0.1, 0.15) is 20.8 Å². The summed E-state index contributed by atoms with van der Waals surface area (Å²) >= 11 is -3.22.